The van der Waals surface area contributed by atoms with E-state index in [1.54, 1.807) is 17.8 Å². The first-order valence-electron chi connectivity index (χ1n) is 6.22. The van der Waals surface area contributed by atoms with Crippen LogP contribution in [0, 0.1) is 5.82 Å². The molecule has 0 aliphatic rings. The van der Waals surface area contributed by atoms with Gasteiger partial charge in [-0.1, -0.05) is 30.3 Å². The molecule has 108 valence electrons. The Bertz CT molecular complexity index is 728. The monoisotopic (exact) mass is 304 g/mol. The highest BCUT2D eigenvalue weighted by Crippen LogP contribution is 2.25. The lowest BCUT2D eigenvalue weighted by atomic mass is 10.2. The van der Waals surface area contributed by atoms with Crippen molar-refractivity contribution < 1.29 is 4.39 Å². The van der Waals surface area contributed by atoms with E-state index in [1.165, 1.54) is 18.5 Å². The van der Waals surface area contributed by atoms with Crippen molar-refractivity contribution in [2.75, 3.05) is 12.4 Å². The summed E-state index contributed by atoms with van der Waals surface area (Å²) in [4.78, 5) is 4.27. The van der Waals surface area contributed by atoms with Crippen molar-refractivity contribution in [3.8, 4) is 17.1 Å². The van der Waals surface area contributed by atoms with Gasteiger partial charge in [0.05, 0.1) is 11.4 Å². The maximum Gasteiger partial charge on any atom is 0.163 e. The molecule has 0 spiro atoms. The van der Waals surface area contributed by atoms with Crippen LogP contribution in [0.5, 0.6) is 0 Å². The first-order chi connectivity index (χ1) is 9.79. The minimum Gasteiger partial charge on any atom is -0.386 e. The minimum absolute atomic E-state index is 0. The number of benzene rings is 2. The number of rotatable bonds is 3. The van der Waals surface area contributed by atoms with Gasteiger partial charge in [-0.25, -0.2) is 14.1 Å². The van der Waals surface area contributed by atoms with E-state index in [0.29, 0.717) is 11.5 Å². The molecule has 0 fully saturated rings. The van der Waals surface area contributed by atoms with Gasteiger partial charge in [-0.15, -0.1) is 12.4 Å². The van der Waals surface area contributed by atoms with Crippen molar-refractivity contribution in [1.82, 2.24) is 14.8 Å². The van der Waals surface area contributed by atoms with Crippen molar-refractivity contribution in [3.05, 3.63) is 60.7 Å². The largest absolute Gasteiger partial charge is 0.386 e. The third kappa shape index (κ3) is 2.87. The van der Waals surface area contributed by atoms with Crippen molar-refractivity contribution in [3.63, 3.8) is 0 Å². The molecule has 0 amide bonds. The summed E-state index contributed by atoms with van der Waals surface area (Å²) in [7, 11) is 1.79. The lowest BCUT2D eigenvalue weighted by Gasteiger charge is -2.11. The van der Waals surface area contributed by atoms with Gasteiger partial charge in [-0.3, -0.25) is 0 Å². The SMILES string of the molecule is CNc1ccc(F)cc1-n1ncnc1-c1ccccc1.Cl. The molecule has 2 aromatic carbocycles. The number of anilines is 1. The van der Waals surface area contributed by atoms with Crippen molar-refractivity contribution in [2.45, 2.75) is 0 Å². The van der Waals surface area contributed by atoms with Gasteiger partial charge in [0.2, 0.25) is 0 Å². The predicted octanol–water partition coefficient (Wildman–Crippen LogP) is 3.54. The summed E-state index contributed by atoms with van der Waals surface area (Å²) in [6, 6.07) is 14.2. The van der Waals surface area contributed by atoms with E-state index < -0.39 is 0 Å². The van der Waals surface area contributed by atoms with Crippen LogP contribution in [0.25, 0.3) is 17.1 Å². The van der Waals surface area contributed by atoms with Crippen molar-refractivity contribution in [2.24, 2.45) is 0 Å². The smallest absolute Gasteiger partial charge is 0.163 e. The van der Waals surface area contributed by atoms with Gasteiger partial charge in [0.25, 0.3) is 0 Å². The number of hydrogen-bond acceptors (Lipinski definition) is 3. The van der Waals surface area contributed by atoms with E-state index in [1.807, 2.05) is 30.3 Å². The van der Waals surface area contributed by atoms with Crippen LogP contribution in [0.3, 0.4) is 0 Å². The molecule has 3 aromatic rings. The zero-order valence-corrected chi connectivity index (χ0v) is 12.1. The molecule has 1 aromatic heterocycles. The normalized spacial score (nSPS) is 10.0. The fourth-order valence-corrected chi connectivity index (χ4v) is 2.09. The second kappa shape index (κ2) is 6.37. The summed E-state index contributed by atoms with van der Waals surface area (Å²) in [6.07, 6.45) is 1.46. The van der Waals surface area contributed by atoms with Crippen LogP contribution in [-0.2, 0) is 0 Å². The molecule has 21 heavy (non-hydrogen) atoms. The zero-order valence-electron chi connectivity index (χ0n) is 11.3. The summed E-state index contributed by atoms with van der Waals surface area (Å²) >= 11 is 0. The maximum atomic E-state index is 13.5. The third-order valence-electron chi connectivity index (χ3n) is 3.04. The fourth-order valence-electron chi connectivity index (χ4n) is 2.09. The Labute approximate surface area is 128 Å². The summed E-state index contributed by atoms with van der Waals surface area (Å²) in [5.74, 6) is 0.362. The van der Waals surface area contributed by atoms with Crippen LogP contribution in [0.1, 0.15) is 0 Å². The molecule has 4 nitrogen and oxygen atoms in total. The van der Waals surface area contributed by atoms with E-state index in [2.05, 4.69) is 15.4 Å². The Hall–Kier alpha value is -2.40. The molecule has 0 saturated heterocycles. The fraction of sp³-hybridized carbons (Fsp3) is 0.0667. The van der Waals surface area contributed by atoms with Crippen molar-refractivity contribution >= 4 is 18.1 Å². The molecule has 1 N–H and O–H groups in total. The Morgan fingerprint density at radius 2 is 1.86 bits per heavy atom. The van der Waals surface area contributed by atoms with E-state index >= 15 is 0 Å². The standard InChI is InChI=1S/C15H13FN4.ClH/c1-17-13-8-7-12(16)9-14(13)20-15(18-10-19-20)11-5-3-2-4-6-11;/h2-10,17H,1H3;1H. The topological polar surface area (TPSA) is 42.7 Å². The summed E-state index contributed by atoms with van der Waals surface area (Å²) in [6.45, 7) is 0. The maximum absolute atomic E-state index is 13.5. The molecule has 0 aliphatic carbocycles. The van der Waals surface area contributed by atoms with Crippen LogP contribution in [-0.4, -0.2) is 21.8 Å². The molecule has 0 atom stereocenters. The first-order valence-corrected chi connectivity index (χ1v) is 6.22. The van der Waals surface area contributed by atoms with E-state index in [4.69, 9.17) is 0 Å². The summed E-state index contributed by atoms with van der Waals surface area (Å²) in [5.41, 5.74) is 2.34. The van der Waals surface area contributed by atoms with Crippen LogP contribution >= 0.6 is 12.4 Å². The molecular weight excluding hydrogens is 291 g/mol. The Morgan fingerprint density at radius 3 is 2.57 bits per heavy atom. The van der Waals surface area contributed by atoms with Gasteiger partial charge in [0, 0.05) is 18.7 Å². The lowest BCUT2D eigenvalue weighted by Crippen LogP contribution is -2.04. The number of halogens is 2. The molecule has 0 saturated carbocycles. The van der Waals surface area contributed by atoms with Gasteiger partial charge < -0.3 is 5.32 Å². The molecule has 1 heterocycles. The van der Waals surface area contributed by atoms with Gasteiger partial charge in [0.1, 0.15) is 12.1 Å². The Morgan fingerprint density at radius 1 is 1.10 bits per heavy atom. The molecule has 0 bridgehead atoms. The number of aromatic nitrogens is 3. The predicted molar refractivity (Wildman–Crippen MR) is 83.5 cm³/mol. The highest BCUT2D eigenvalue weighted by molar-refractivity contribution is 5.85. The second-order valence-electron chi connectivity index (χ2n) is 4.27. The molecule has 0 unspecified atom stereocenters. The molecule has 3 rings (SSSR count). The Balaban J connectivity index is 0.00000161. The molecule has 0 radical (unpaired) electrons. The quantitative estimate of drug-likeness (QED) is 0.805. The first kappa shape index (κ1) is 15.0. The summed E-state index contributed by atoms with van der Waals surface area (Å²) in [5, 5.41) is 7.25. The molecular formula is C15H14ClFN4. The number of hydrogen-bond donors (Lipinski definition) is 1. The Kier molecular flexibility index (Phi) is 4.55. The van der Waals surface area contributed by atoms with Crippen LogP contribution in [0.4, 0.5) is 10.1 Å². The van der Waals surface area contributed by atoms with E-state index in [-0.39, 0.29) is 18.2 Å². The van der Waals surface area contributed by atoms with Crippen LogP contribution < -0.4 is 5.32 Å². The number of nitrogens with zero attached hydrogens (tertiary/aromatic N) is 3. The average Bonchev–Trinajstić information content (AvgIpc) is 2.97. The lowest BCUT2D eigenvalue weighted by molar-refractivity contribution is 0.626. The minimum atomic E-state index is -0.312. The van der Waals surface area contributed by atoms with E-state index in [9.17, 15) is 4.39 Å². The average molecular weight is 305 g/mol. The third-order valence-corrected chi connectivity index (χ3v) is 3.04. The van der Waals surface area contributed by atoms with Gasteiger partial charge in [-0.05, 0) is 12.1 Å². The second-order valence-corrected chi connectivity index (χ2v) is 4.27. The van der Waals surface area contributed by atoms with Gasteiger partial charge >= 0.3 is 0 Å². The molecule has 0 aliphatic heterocycles. The highest BCUT2D eigenvalue weighted by atomic mass is 35.5. The highest BCUT2D eigenvalue weighted by Gasteiger charge is 2.12. The zero-order chi connectivity index (χ0) is 13.9. The molecule has 6 heteroatoms. The van der Waals surface area contributed by atoms with E-state index in [0.717, 1.165) is 11.3 Å². The van der Waals surface area contributed by atoms with Crippen molar-refractivity contribution in [1.29, 1.82) is 0 Å². The van der Waals surface area contributed by atoms with Gasteiger partial charge in [0.15, 0.2) is 5.82 Å². The summed E-state index contributed by atoms with van der Waals surface area (Å²) < 4.78 is 15.1. The number of nitrogens with one attached hydrogen (secondary N) is 1. The van der Waals surface area contributed by atoms with Gasteiger partial charge in [-0.2, -0.15) is 5.10 Å². The van der Waals surface area contributed by atoms with Crippen LogP contribution in [0.15, 0.2) is 54.9 Å². The van der Waals surface area contributed by atoms with Crippen LogP contribution in [0.2, 0.25) is 0 Å².